The number of amides is 2. The summed E-state index contributed by atoms with van der Waals surface area (Å²) in [4.78, 5) is 24.3. The van der Waals surface area contributed by atoms with E-state index in [4.69, 9.17) is 0 Å². The maximum Gasteiger partial charge on any atom is 0.251 e. The molecule has 0 bridgehead atoms. The van der Waals surface area contributed by atoms with Crippen molar-refractivity contribution in [2.24, 2.45) is 0 Å². The lowest BCUT2D eigenvalue weighted by Gasteiger charge is -2.13. The van der Waals surface area contributed by atoms with E-state index >= 15 is 0 Å². The molecule has 1 unspecified atom stereocenters. The van der Waals surface area contributed by atoms with Gasteiger partial charge in [0.1, 0.15) is 0 Å². The lowest BCUT2D eigenvalue weighted by atomic mass is 10.1. The predicted octanol–water partition coefficient (Wildman–Crippen LogP) is 1.28. The van der Waals surface area contributed by atoms with Gasteiger partial charge in [0.15, 0.2) is 9.84 Å². The Morgan fingerprint density at radius 2 is 1.33 bits per heavy atom. The fraction of sp³-hybridized carbons (Fsp3) is 0.529. The molecule has 6 nitrogen and oxygen atoms in total. The van der Waals surface area contributed by atoms with Crippen molar-refractivity contribution in [3.63, 3.8) is 0 Å². The van der Waals surface area contributed by atoms with Crippen LogP contribution in [0.4, 0.5) is 0 Å². The number of hydrogen-bond acceptors (Lipinski definition) is 4. The normalized spacial score (nSPS) is 23.1. The van der Waals surface area contributed by atoms with Crippen molar-refractivity contribution >= 4 is 21.7 Å². The van der Waals surface area contributed by atoms with Crippen LogP contribution in [0.3, 0.4) is 0 Å². The predicted molar refractivity (Wildman–Crippen MR) is 90.7 cm³/mol. The molecule has 7 heteroatoms. The molecule has 1 aliphatic carbocycles. The van der Waals surface area contributed by atoms with Gasteiger partial charge in [-0.25, -0.2) is 8.42 Å². The summed E-state index contributed by atoms with van der Waals surface area (Å²) in [5.41, 5.74) is 0.957. The summed E-state index contributed by atoms with van der Waals surface area (Å²) in [5, 5.41) is 5.74. The van der Waals surface area contributed by atoms with Crippen LogP contribution in [0, 0.1) is 0 Å². The minimum Gasteiger partial charge on any atom is -0.349 e. The van der Waals surface area contributed by atoms with Gasteiger partial charge in [-0.1, -0.05) is 12.8 Å². The molecule has 1 saturated carbocycles. The number of hydrogen-bond donors (Lipinski definition) is 2. The van der Waals surface area contributed by atoms with Crippen molar-refractivity contribution in [1.29, 1.82) is 0 Å². The Balaban J connectivity index is 1.57. The number of benzene rings is 1. The van der Waals surface area contributed by atoms with Crippen LogP contribution in [0.5, 0.6) is 0 Å². The molecular formula is C17H22N2O4S. The van der Waals surface area contributed by atoms with Crippen LogP contribution in [0.1, 0.15) is 52.8 Å². The molecule has 2 aliphatic rings. The maximum absolute atomic E-state index is 12.2. The fourth-order valence-electron chi connectivity index (χ4n) is 3.29. The van der Waals surface area contributed by atoms with E-state index in [9.17, 15) is 18.0 Å². The molecule has 3 rings (SSSR count). The van der Waals surface area contributed by atoms with E-state index < -0.39 is 9.84 Å². The molecular weight excluding hydrogens is 328 g/mol. The summed E-state index contributed by atoms with van der Waals surface area (Å²) in [6.07, 6.45) is 4.81. The second-order valence-corrected chi connectivity index (χ2v) is 8.83. The number of sulfone groups is 1. The van der Waals surface area contributed by atoms with Crippen LogP contribution in [0.25, 0.3) is 0 Å². The first kappa shape index (κ1) is 17.0. The van der Waals surface area contributed by atoms with E-state index in [-0.39, 0.29) is 35.4 Å². The van der Waals surface area contributed by atoms with E-state index in [2.05, 4.69) is 10.6 Å². The highest BCUT2D eigenvalue weighted by atomic mass is 32.2. The van der Waals surface area contributed by atoms with Crippen LogP contribution < -0.4 is 10.6 Å². The largest absolute Gasteiger partial charge is 0.349 e. The highest BCUT2D eigenvalue weighted by molar-refractivity contribution is 7.91. The minimum atomic E-state index is -3.02. The summed E-state index contributed by atoms with van der Waals surface area (Å²) < 4.78 is 22.8. The number of nitrogens with one attached hydrogen (secondary N) is 2. The molecule has 2 N–H and O–H groups in total. The summed E-state index contributed by atoms with van der Waals surface area (Å²) in [5.74, 6) is -0.297. The zero-order valence-electron chi connectivity index (χ0n) is 13.5. The van der Waals surface area contributed by atoms with Gasteiger partial charge >= 0.3 is 0 Å². The average molecular weight is 350 g/mol. The van der Waals surface area contributed by atoms with Gasteiger partial charge in [0.05, 0.1) is 11.5 Å². The van der Waals surface area contributed by atoms with Gasteiger partial charge in [-0.3, -0.25) is 9.59 Å². The molecule has 2 fully saturated rings. The molecule has 2 amide bonds. The summed E-state index contributed by atoms with van der Waals surface area (Å²) in [6, 6.07) is 6.39. The van der Waals surface area contributed by atoms with Gasteiger partial charge in [-0.15, -0.1) is 0 Å². The van der Waals surface area contributed by atoms with E-state index in [0.717, 1.165) is 25.7 Å². The third-order valence-corrected chi connectivity index (χ3v) is 6.44. The van der Waals surface area contributed by atoms with Gasteiger partial charge < -0.3 is 10.6 Å². The second kappa shape index (κ2) is 6.93. The SMILES string of the molecule is O=C(NC1CCCC1)c1ccc(C(=O)NC2CCS(=O)(=O)C2)cc1. The van der Waals surface area contributed by atoms with Crippen LogP contribution in [-0.2, 0) is 9.84 Å². The fourth-order valence-corrected chi connectivity index (χ4v) is 4.96. The Morgan fingerprint density at radius 3 is 1.79 bits per heavy atom. The van der Waals surface area contributed by atoms with Gasteiger partial charge in [0, 0.05) is 23.2 Å². The van der Waals surface area contributed by atoms with Crippen molar-refractivity contribution in [1.82, 2.24) is 10.6 Å². The average Bonchev–Trinajstić information content (AvgIpc) is 3.17. The first-order valence-electron chi connectivity index (χ1n) is 8.35. The van der Waals surface area contributed by atoms with Crippen LogP contribution >= 0.6 is 0 Å². The molecule has 1 aromatic carbocycles. The quantitative estimate of drug-likeness (QED) is 0.855. The van der Waals surface area contributed by atoms with E-state index in [1.807, 2.05) is 0 Å². The molecule has 1 atom stereocenters. The lowest BCUT2D eigenvalue weighted by Crippen LogP contribution is -2.35. The highest BCUT2D eigenvalue weighted by Gasteiger charge is 2.29. The summed E-state index contributed by atoms with van der Waals surface area (Å²) in [6.45, 7) is 0. The second-order valence-electron chi connectivity index (χ2n) is 6.61. The molecule has 1 aliphatic heterocycles. The smallest absolute Gasteiger partial charge is 0.251 e. The van der Waals surface area contributed by atoms with E-state index in [1.54, 1.807) is 24.3 Å². The number of carbonyl (C=O) groups is 2. The summed E-state index contributed by atoms with van der Waals surface area (Å²) >= 11 is 0. The standard InChI is InChI=1S/C17H22N2O4S/c20-16(18-14-3-1-2-4-14)12-5-7-13(8-6-12)17(21)19-15-9-10-24(22,23)11-15/h5-8,14-15H,1-4,9-11H2,(H,18,20)(H,19,21). The maximum atomic E-state index is 12.2. The van der Waals surface area contributed by atoms with E-state index in [1.165, 1.54) is 0 Å². The van der Waals surface area contributed by atoms with Crippen molar-refractivity contribution in [2.75, 3.05) is 11.5 Å². The molecule has 1 saturated heterocycles. The van der Waals surface area contributed by atoms with Crippen molar-refractivity contribution in [3.05, 3.63) is 35.4 Å². The molecule has 24 heavy (non-hydrogen) atoms. The zero-order valence-corrected chi connectivity index (χ0v) is 14.3. The van der Waals surface area contributed by atoms with E-state index in [0.29, 0.717) is 17.5 Å². The Labute approximate surface area is 141 Å². The monoisotopic (exact) mass is 350 g/mol. The van der Waals surface area contributed by atoms with Crippen molar-refractivity contribution in [2.45, 2.75) is 44.2 Å². The molecule has 0 radical (unpaired) electrons. The van der Waals surface area contributed by atoms with Crippen molar-refractivity contribution < 1.29 is 18.0 Å². The molecule has 0 spiro atoms. The topological polar surface area (TPSA) is 92.3 Å². The van der Waals surface area contributed by atoms with Crippen molar-refractivity contribution in [3.8, 4) is 0 Å². The highest BCUT2D eigenvalue weighted by Crippen LogP contribution is 2.18. The first-order valence-corrected chi connectivity index (χ1v) is 10.2. The number of carbonyl (C=O) groups excluding carboxylic acids is 2. The van der Waals surface area contributed by atoms with Crippen LogP contribution in [0.15, 0.2) is 24.3 Å². The van der Waals surface area contributed by atoms with Gasteiger partial charge in [-0.05, 0) is 43.5 Å². The summed E-state index contributed by atoms with van der Waals surface area (Å²) in [7, 11) is -3.02. The zero-order chi connectivity index (χ0) is 17.2. The molecule has 130 valence electrons. The lowest BCUT2D eigenvalue weighted by molar-refractivity contribution is 0.0927. The minimum absolute atomic E-state index is 0.000613. The first-order chi connectivity index (χ1) is 11.4. The Morgan fingerprint density at radius 1 is 0.833 bits per heavy atom. The third-order valence-electron chi connectivity index (χ3n) is 4.67. The molecule has 1 aromatic rings. The third kappa shape index (κ3) is 4.14. The molecule has 0 aromatic heterocycles. The van der Waals surface area contributed by atoms with Gasteiger partial charge in [-0.2, -0.15) is 0 Å². The van der Waals surface area contributed by atoms with Gasteiger partial charge in [0.25, 0.3) is 11.8 Å². The van der Waals surface area contributed by atoms with Crippen LogP contribution in [0.2, 0.25) is 0 Å². The Kier molecular flexibility index (Phi) is 4.89. The Bertz CT molecular complexity index is 721. The number of rotatable bonds is 4. The molecule has 1 heterocycles. The van der Waals surface area contributed by atoms with Gasteiger partial charge in [0.2, 0.25) is 0 Å². The van der Waals surface area contributed by atoms with Crippen LogP contribution in [-0.4, -0.2) is 43.8 Å². The Hall–Kier alpha value is -1.89.